The van der Waals surface area contributed by atoms with Crippen LogP contribution in [0.25, 0.3) is 11.0 Å². The van der Waals surface area contributed by atoms with Crippen molar-refractivity contribution in [2.24, 2.45) is 0 Å². The summed E-state index contributed by atoms with van der Waals surface area (Å²) in [6.45, 7) is 11.2. The lowest BCUT2D eigenvalue weighted by Crippen LogP contribution is -2.24. The Balaban J connectivity index is 2.17. The molecule has 126 valence electrons. The number of nitrogens with one attached hydrogen (secondary N) is 1. The molecule has 5 heteroatoms. The van der Waals surface area contributed by atoms with Gasteiger partial charge in [0.1, 0.15) is 0 Å². The lowest BCUT2D eigenvalue weighted by molar-refractivity contribution is -0.121. The van der Waals surface area contributed by atoms with Crippen LogP contribution in [-0.2, 0) is 11.2 Å². The van der Waals surface area contributed by atoms with Crippen molar-refractivity contribution in [1.29, 1.82) is 0 Å². The van der Waals surface area contributed by atoms with E-state index in [1.165, 1.54) is 11.1 Å². The van der Waals surface area contributed by atoms with Crippen molar-refractivity contribution in [1.82, 2.24) is 20.1 Å². The average molecular weight is 316 g/mol. The van der Waals surface area contributed by atoms with E-state index in [1.54, 1.807) is 0 Å². The molecule has 1 N–H and O–H groups in total. The minimum absolute atomic E-state index is 0.121. The number of aromatic nitrogens is 3. The molecule has 2 aromatic rings. The lowest BCUT2D eigenvalue weighted by atomic mass is 10.0. The van der Waals surface area contributed by atoms with E-state index in [-0.39, 0.29) is 11.9 Å². The summed E-state index contributed by atoms with van der Waals surface area (Å²) < 4.78 is 1.95. The van der Waals surface area contributed by atoms with E-state index >= 15 is 0 Å². The van der Waals surface area contributed by atoms with Gasteiger partial charge in [-0.2, -0.15) is 5.10 Å². The first-order valence-electron chi connectivity index (χ1n) is 8.55. The van der Waals surface area contributed by atoms with Gasteiger partial charge in [-0.05, 0) is 51.7 Å². The number of fused-ring (bicyclic) bond motifs is 1. The Morgan fingerprint density at radius 3 is 2.74 bits per heavy atom. The molecule has 0 fully saturated rings. The highest BCUT2D eigenvalue weighted by molar-refractivity contribution is 5.81. The van der Waals surface area contributed by atoms with Gasteiger partial charge < -0.3 is 5.32 Å². The van der Waals surface area contributed by atoms with Gasteiger partial charge in [-0.25, -0.2) is 9.67 Å². The molecule has 0 atom stereocenters. The number of rotatable bonds is 7. The number of unbranched alkanes of at least 4 members (excludes halogenated alkanes) is 1. The van der Waals surface area contributed by atoms with Gasteiger partial charge in [-0.3, -0.25) is 4.79 Å². The second kappa shape index (κ2) is 7.57. The van der Waals surface area contributed by atoms with Crippen molar-refractivity contribution in [2.45, 2.75) is 66.3 Å². The maximum absolute atomic E-state index is 11.9. The summed E-state index contributed by atoms with van der Waals surface area (Å²) in [5.74, 6) is 0.121. The first-order chi connectivity index (χ1) is 11.0. The molecule has 0 aliphatic heterocycles. The van der Waals surface area contributed by atoms with E-state index in [0.717, 1.165) is 42.5 Å². The van der Waals surface area contributed by atoms with Crippen LogP contribution in [0.5, 0.6) is 0 Å². The highest BCUT2D eigenvalue weighted by Crippen LogP contribution is 2.25. The molecular weight excluding hydrogens is 288 g/mol. The Morgan fingerprint density at radius 2 is 2.09 bits per heavy atom. The van der Waals surface area contributed by atoms with Crippen LogP contribution in [0, 0.1) is 13.8 Å². The Hall–Kier alpha value is -1.91. The van der Waals surface area contributed by atoms with Crippen LogP contribution in [0.15, 0.2) is 6.20 Å². The van der Waals surface area contributed by atoms with Crippen molar-refractivity contribution >= 4 is 16.9 Å². The highest BCUT2D eigenvalue weighted by atomic mass is 16.1. The number of amides is 1. The fourth-order valence-corrected chi connectivity index (χ4v) is 2.87. The van der Waals surface area contributed by atoms with Crippen LogP contribution < -0.4 is 5.32 Å². The highest BCUT2D eigenvalue weighted by Gasteiger charge is 2.15. The minimum atomic E-state index is 0.121. The Bertz CT molecular complexity index is 688. The second-order valence-electron chi connectivity index (χ2n) is 6.42. The van der Waals surface area contributed by atoms with Crippen LogP contribution in [0.3, 0.4) is 0 Å². The Kier molecular flexibility index (Phi) is 5.74. The summed E-state index contributed by atoms with van der Waals surface area (Å²) >= 11 is 0. The molecule has 2 heterocycles. The molecule has 0 spiro atoms. The summed E-state index contributed by atoms with van der Waals surface area (Å²) in [6.07, 6.45) is 5.26. The third-order valence-electron chi connectivity index (χ3n) is 4.28. The monoisotopic (exact) mass is 316 g/mol. The molecule has 0 unspecified atom stereocenters. The first-order valence-corrected chi connectivity index (χ1v) is 8.55. The third kappa shape index (κ3) is 3.89. The van der Waals surface area contributed by atoms with Crippen molar-refractivity contribution < 1.29 is 4.79 Å². The summed E-state index contributed by atoms with van der Waals surface area (Å²) in [5, 5.41) is 8.52. The standard InChI is InChI=1S/C18H28N4O/c1-6-7-10-19-17(23)9-8-15-13(4)16-11-20-22(12(2)3)18(16)21-14(15)5/h11-12H,6-10H2,1-5H3,(H,19,23). The molecule has 0 aliphatic rings. The number of carbonyl (C=O) groups excluding carboxylic acids is 1. The smallest absolute Gasteiger partial charge is 0.220 e. The molecule has 0 radical (unpaired) electrons. The van der Waals surface area contributed by atoms with Crippen molar-refractivity contribution in [3.05, 3.63) is 23.0 Å². The molecule has 1 amide bonds. The minimum Gasteiger partial charge on any atom is -0.356 e. The maximum atomic E-state index is 11.9. The molecule has 5 nitrogen and oxygen atoms in total. The summed E-state index contributed by atoms with van der Waals surface area (Å²) in [7, 11) is 0. The molecular formula is C18H28N4O. The number of hydrogen-bond acceptors (Lipinski definition) is 3. The van der Waals surface area contributed by atoms with Crippen LogP contribution in [0.2, 0.25) is 0 Å². The van der Waals surface area contributed by atoms with E-state index in [4.69, 9.17) is 4.98 Å². The molecule has 0 saturated heterocycles. The molecule has 0 aromatic carbocycles. The molecule has 23 heavy (non-hydrogen) atoms. The molecule has 2 rings (SSSR count). The average Bonchev–Trinajstić information content (AvgIpc) is 2.91. The van der Waals surface area contributed by atoms with Gasteiger partial charge >= 0.3 is 0 Å². The van der Waals surface area contributed by atoms with Gasteiger partial charge in [0.05, 0.1) is 6.20 Å². The lowest BCUT2D eigenvalue weighted by Gasteiger charge is -2.12. The first kappa shape index (κ1) is 17.4. The molecule has 0 saturated carbocycles. The number of pyridine rings is 1. The zero-order valence-electron chi connectivity index (χ0n) is 14.9. The summed E-state index contributed by atoms with van der Waals surface area (Å²) in [6, 6.07) is 0.286. The zero-order valence-corrected chi connectivity index (χ0v) is 14.9. The van der Waals surface area contributed by atoms with Crippen LogP contribution in [0.4, 0.5) is 0 Å². The fraction of sp³-hybridized carbons (Fsp3) is 0.611. The molecule has 2 aromatic heterocycles. The number of carbonyl (C=O) groups is 1. The fourth-order valence-electron chi connectivity index (χ4n) is 2.87. The van der Waals surface area contributed by atoms with Crippen LogP contribution in [0.1, 0.15) is 62.9 Å². The van der Waals surface area contributed by atoms with E-state index < -0.39 is 0 Å². The van der Waals surface area contributed by atoms with Crippen LogP contribution in [-0.4, -0.2) is 27.2 Å². The topological polar surface area (TPSA) is 59.8 Å². The predicted octanol–water partition coefficient (Wildman–Crippen LogP) is 3.48. The Morgan fingerprint density at radius 1 is 1.35 bits per heavy atom. The van der Waals surface area contributed by atoms with Gasteiger partial charge in [-0.15, -0.1) is 0 Å². The second-order valence-corrected chi connectivity index (χ2v) is 6.42. The normalized spacial score (nSPS) is 11.4. The van der Waals surface area contributed by atoms with Crippen molar-refractivity contribution in [2.75, 3.05) is 6.54 Å². The number of hydrogen-bond donors (Lipinski definition) is 1. The molecule has 0 aliphatic carbocycles. The van der Waals surface area contributed by atoms with E-state index in [0.29, 0.717) is 6.42 Å². The van der Waals surface area contributed by atoms with E-state index in [9.17, 15) is 4.79 Å². The number of aryl methyl sites for hydroxylation is 2. The van der Waals surface area contributed by atoms with E-state index in [2.05, 4.69) is 38.1 Å². The van der Waals surface area contributed by atoms with Crippen molar-refractivity contribution in [3.8, 4) is 0 Å². The van der Waals surface area contributed by atoms with Gasteiger partial charge in [0.15, 0.2) is 5.65 Å². The third-order valence-corrected chi connectivity index (χ3v) is 4.28. The summed E-state index contributed by atoms with van der Waals surface area (Å²) in [4.78, 5) is 16.7. The predicted molar refractivity (Wildman–Crippen MR) is 93.6 cm³/mol. The Labute approximate surface area is 138 Å². The van der Waals surface area contributed by atoms with Gasteiger partial charge in [-0.1, -0.05) is 13.3 Å². The zero-order chi connectivity index (χ0) is 17.0. The van der Waals surface area contributed by atoms with Gasteiger partial charge in [0.2, 0.25) is 5.91 Å². The van der Waals surface area contributed by atoms with Gasteiger partial charge in [0.25, 0.3) is 0 Å². The van der Waals surface area contributed by atoms with E-state index in [1.807, 2.05) is 17.8 Å². The van der Waals surface area contributed by atoms with Crippen LogP contribution >= 0.6 is 0 Å². The number of nitrogens with zero attached hydrogens (tertiary/aromatic N) is 3. The SMILES string of the molecule is CCCCNC(=O)CCc1c(C)nc2c(cnn2C(C)C)c1C. The maximum Gasteiger partial charge on any atom is 0.220 e. The largest absolute Gasteiger partial charge is 0.356 e. The summed E-state index contributed by atoms with van der Waals surface area (Å²) in [5.41, 5.74) is 4.30. The van der Waals surface area contributed by atoms with Gasteiger partial charge in [0, 0.05) is 30.1 Å². The molecule has 0 bridgehead atoms. The van der Waals surface area contributed by atoms with Crippen molar-refractivity contribution in [3.63, 3.8) is 0 Å². The quantitative estimate of drug-likeness (QED) is 0.796.